The summed E-state index contributed by atoms with van der Waals surface area (Å²) in [7, 11) is 0. The van der Waals surface area contributed by atoms with E-state index in [1.54, 1.807) is 0 Å². The van der Waals surface area contributed by atoms with Crippen molar-refractivity contribution in [2.75, 3.05) is 5.32 Å². The van der Waals surface area contributed by atoms with Gasteiger partial charge in [-0.3, -0.25) is 4.79 Å². The number of para-hydroxylation sites is 1. The van der Waals surface area contributed by atoms with Crippen LogP contribution < -0.4 is 5.32 Å². The van der Waals surface area contributed by atoms with Crippen LogP contribution in [0.5, 0.6) is 0 Å². The first kappa shape index (κ1) is 13.9. The zero-order valence-corrected chi connectivity index (χ0v) is 12.7. The van der Waals surface area contributed by atoms with Crippen LogP contribution in [-0.4, -0.2) is 5.91 Å². The van der Waals surface area contributed by atoms with Gasteiger partial charge in [-0.05, 0) is 35.3 Å². The number of halogens is 1. The molecule has 1 heterocycles. The monoisotopic (exact) mass is 297 g/mol. The Bertz CT molecular complexity index is 729. The van der Waals surface area contributed by atoms with Crippen molar-refractivity contribution in [3.05, 3.63) is 64.7 Å². The second kappa shape index (κ2) is 5.38. The topological polar surface area (TPSA) is 29.1 Å². The summed E-state index contributed by atoms with van der Waals surface area (Å²) in [6, 6.07) is 15.5. The third kappa shape index (κ3) is 2.47. The predicted octanol–water partition coefficient (Wildman–Crippen LogP) is 4.86. The highest BCUT2D eigenvalue weighted by Crippen LogP contribution is 2.39. The number of hydrogen-bond donors (Lipinski definition) is 1. The molecule has 0 saturated carbocycles. The second-order valence-corrected chi connectivity index (χ2v) is 5.89. The Kier molecular flexibility index (Phi) is 3.56. The van der Waals surface area contributed by atoms with Gasteiger partial charge >= 0.3 is 0 Å². The van der Waals surface area contributed by atoms with Crippen LogP contribution in [0.25, 0.3) is 11.1 Å². The Morgan fingerprint density at radius 1 is 1.05 bits per heavy atom. The molecule has 0 spiro atoms. The van der Waals surface area contributed by atoms with Gasteiger partial charge in [0.2, 0.25) is 0 Å². The van der Waals surface area contributed by atoms with E-state index in [9.17, 15) is 4.79 Å². The first-order valence-electron chi connectivity index (χ1n) is 6.99. The van der Waals surface area contributed by atoms with Crippen molar-refractivity contribution in [3.8, 4) is 0 Å². The summed E-state index contributed by atoms with van der Waals surface area (Å²) >= 11 is 5.97. The Balaban J connectivity index is 2.25. The van der Waals surface area contributed by atoms with E-state index in [1.165, 1.54) is 0 Å². The van der Waals surface area contributed by atoms with Crippen molar-refractivity contribution < 1.29 is 4.79 Å². The molecule has 0 fully saturated rings. The quantitative estimate of drug-likeness (QED) is 0.788. The fraction of sp³-hybridized carbons (Fsp3) is 0.167. The summed E-state index contributed by atoms with van der Waals surface area (Å²) in [5.74, 6) is 0.202. The van der Waals surface area contributed by atoms with Crippen molar-refractivity contribution >= 4 is 34.3 Å². The lowest BCUT2D eigenvalue weighted by molar-refractivity contribution is -0.110. The van der Waals surface area contributed by atoms with E-state index in [0.29, 0.717) is 5.02 Å². The number of fused-ring (bicyclic) bond motifs is 1. The molecule has 0 unspecified atom stereocenters. The Morgan fingerprint density at radius 2 is 1.71 bits per heavy atom. The first-order chi connectivity index (χ1) is 10.1. The Labute approximate surface area is 129 Å². The standard InChI is InChI=1S/C18H16ClNO/c1-11(2)16(12-7-9-13(19)10-8-12)17-14-5-3-4-6-15(14)20-18(17)21/h3-11H,1-2H3,(H,20,21)/b17-16+. The van der Waals surface area contributed by atoms with E-state index in [1.807, 2.05) is 48.5 Å². The first-order valence-corrected chi connectivity index (χ1v) is 7.36. The van der Waals surface area contributed by atoms with Crippen LogP contribution in [0.3, 0.4) is 0 Å². The molecule has 1 aliphatic heterocycles. The molecular formula is C18H16ClNO. The number of rotatable bonds is 2. The van der Waals surface area contributed by atoms with E-state index in [4.69, 9.17) is 11.6 Å². The van der Waals surface area contributed by atoms with E-state index in [2.05, 4.69) is 19.2 Å². The number of hydrogen-bond acceptors (Lipinski definition) is 1. The molecule has 0 bridgehead atoms. The van der Waals surface area contributed by atoms with Gasteiger partial charge in [-0.2, -0.15) is 0 Å². The predicted molar refractivity (Wildman–Crippen MR) is 88.2 cm³/mol. The van der Waals surface area contributed by atoms with Gasteiger partial charge in [-0.25, -0.2) is 0 Å². The minimum atomic E-state index is -0.0325. The average molecular weight is 298 g/mol. The fourth-order valence-electron chi connectivity index (χ4n) is 2.78. The van der Waals surface area contributed by atoms with Crippen LogP contribution in [0.2, 0.25) is 5.02 Å². The van der Waals surface area contributed by atoms with Crippen LogP contribution >= 0.6 is 11.6 Å². The van der Waals surface area contributed by atoms with Crippen LogP contribution in [0, 0.1) is 5.92 Å². The highest BCUT2D eigenvalue weighted by molar-refractivity contribution is 6.37. The van der Waals surface area contributed by atoms with Gasteiger partial charge < -0.3 is 5.32 Å². The number of amides is 1. The third-order valence-corrected chi connectivity index (χ3v) is 3.93. The molecule has 2 aromatic rings. The number of carbonyl (C=O) groups is 1. The summed E-state index contributed by atoms with van der Waals surface area (Å²) in [5, 5.41) is 3.64. The molecule has 2 nitrogen and oxygen atoms in total. The largest absolute Gasteiger partial charge is 0.321 e. The van der Waals surface area contributed by atoms with Crippen molar-refractivity contribution in [1.82, 2.24) is 0 Å². The number of anilines is 1. The molecule has 0 aromatic heterocycles. The average Bonchev–Trinajstić information content (AvgIpc) is 2.78. The lowest BCUT2D eigenvalue weighted by Crippen LogP contribution is -2.08. The smallest absolute Gasteiger partial charge is 0.256 e. The van der Waals surface area contributed by atoms with Crippen molar-refractivity contribution in [2.45, 2.75) is 13.8 Å². The molecule has 0 atom stereocenters. The molecule has 3 heteroatoms. The number of nitrogens with one attached hydrogen (secondary N) is 1. The normalized spacial score (nSPS) is 15.9. The number of benzene rings is 2. The van der Waals surface area contributed by atoms with Gasteiger partial charge in [0.25, 0.3) is 5.91 Å². The van der Waals surface area contributed by atoms with E-state index >= 15 is 0 Å². The van der Waals surface area contributed by atoms with Gasteiger partial charge in [0.15, 0.2) is 0 Å². The summed E-state index contributed by atoms with van der Waals surface area (Å²) in [4.78, 5) is 12.4. The molecule has 1 N–H and O–H groups in total. The minimum Gasteiger partial charge on any atom is -0.321 e. The maximum Gasteiger partial charge on any atom is 0.256 e. The maximum atomic E-state index is 12.4. The summed E-state index contributed by atoms with van der Waals surface area (Å²) in [6.45, 7) is 4.20. The lowest BCUT2D eigenvalue weighted by atomic mass is 9.88. The van der Waals surface area contributed by atoms with Crippen LogP contribution in [0.4, 0.5) is 5.69 Å². The highest BCUT2D eigenvalue weighted by atomic mass is 35.5. The maximum absolute atomic E-state index is 12.4. The van der Waals surface area contributed by atoms with Crippen molar-refractivity contribution in [1.29, 1.82) is 0 Å². The van der Waals surface area contributed by atoms with Crippen LogP contribution in [-0.2, 0) is 4.79 Å². The Hall–Kier alpha value is -2.06. The van der Waals surface area contributed by atoms with Crippen LogP contribution in [0.15, 0.2) is 48.5 Å². The molecule has 2 aromatic carbocycles. The van der Waals surface area contributed by atoms with E-state index in [0.717, 1.165) is 28.0 Å². The van der Waals surface area contributed by atoms with Gasteiger partial charge in [-0.1, -0.05) is 55.8 Å². The van der Waals surface area contributed by atoms with Crippen LogP contribution in [0.1, 0.15) is 25.0 Å². The number of allylic oxidation sites excluding steroid dienone is 1. The van der Waals surface area contributed by atoms with E-state index < -0.39 is 0 Å². The molecule has 0 aliphatic carbocycles. The van der Waals surface area contributed by atoms with E-state index in [-0.39, 0.29) is 11.8 Å². The molecule has 0 saturated heterocycles. The minimum absolute atomic E-state index is 0.0325. The Morgan fingerprint density at radius 3 is 2.38 bits per heavy atom. The fourth-order valence-corrected chi connectivity index (χ4v) is 2.91. The SMILES string of the molecule is CC(C)/C(=C1\C(=O)Nc2ccccc21)c1ccc(Cl)cc1. The van der Waals surface area contributed by atoms with Crippen molar-refractivity contribution in [2.24, 2.45) is 5.92 Å². The zero-order chi connectivity index (χ0) is 15.0. The molecule has 1 aliphatic rings. The molecule has 21 heavy (non-hydrogen) atoms. The third-order valence-electron chi connectivity index (χ3n) is 3.67. The lowest BCUT2D eigenvalue weighted by Gasteiger charge is -2.15. The summed E-state index contributed by atoms with van der Waals surface area (Å²) in [5.41, 5.74) is 4.71. The van der Waals surface area contributed by atoms with Crippen molar-refractivity contribution in [3.63, 3.8) is 0 Å². The zero-order valence-electron chi connectivity index (χ0n) is 12.0. The molecule has 1 amide bonds. The second-order valence-electron chi connectivity index (χ2n) is 5.45. The molecule has 3 rings (SSSR count). The van der Waals surface area contributed by atoms with Gasteiger partial charge in [0.05, 0.1) is 5.57 Å². The number of carbonyl (C=O) groups excluding carboxylic acids is 1. The molecular weight excluding hydrogens is 282 g/mol. The highest BCUT2D eigenvalue weighted by Gasteiger charge is 2.28. The van der Waals surface area contributed by atoms with Gasteiger partial charge in [0, 0.05) is 16.3 Å². The summed E-state index contributed by atoms with van der Waals surface area (Å²) in [6.07, 6.45) is 0. The molecule has 106 valence electrons. The van der Waals surface area contributed by atoms with Gasteiger partial charge in [0.1, 0.15) is 0 Å². The molecule has 0 radical (unpaired) electrons. The van der Waals surface area contributed by atoms with Gasteiger partial charge in [-0.15, -0.1) is 0 Å². The summed E-state index contributed by atoms with van der Waals surface area (Å²) < 4.78 is 0.